The molecule has 6 nitrogen and oxygen atoms in total. The maximum Gasteiger partial charge on any atom is 0.306 e. The summed E-state index contributed by atoms with van der Waals surface area (Å²) in [5.41, 5.74) is 0. The molecule has 0 aliphatic carbocycles. The molecule has 0 aromatic carbocycles. The van der Waals surface area contributed by atoms with Crippen LogP contribution in [0.5, 0.6) is 0 Å². The lowest BCUT2D eigenvalue weighted by molar-refractivity contribution is -0.167. The number of rotatable bonds is 55. The maximum atomic E-state index is 12.9. The van der Waals surface area contributed by atoms with E-state index in [1.807, 2.05) is 0 Å². The van der Waals surface area contributed by atoms with Gasteiger partial charge in [-0.1, -0.05) is 267 Å². The van der Waals surface area contributed by atoms with Crippen LogP contribution in [-0.4, -0.2) is 37.2 Å². The highest BCUT2D eigenvalue weighted by atomic mass is 16.6. The van der Waals surface area contributed by atoms with E-state index in [9.17, 15) is 14.4 Å². The van der Waals surface area contributed by atoms with Gasteiger partial charge < -0.3 is 14.2 Å². The molecule has 0 aliphatic heterocycles. The predicted molar refractivity (Wildman–Crippen MR) is 307 cm³/mol. The Hall–Kier alpha value is -3.15. The van der Waals surface area contributed by atoms with Crippen molar-refractivity contribution in [1.82, 2.24) is 0 Å². The smallest absolute Gasteiger partial charge is 0.306 e. The molecule has 0 rings (SSSR count). The molecule has 0 spiro atoms. The van der Waals surface area contributed by atoms with E-state index in [0.717, 1.165) is 96.3 Å². The van der Waals surface area contributed by atoms with E-state index in [4.69, 9.17) is 14.2 Å². The first kappa shape index (κ1) is 67.8. The van der Waals surface area contributed by atoms with Crippen molar-refractivity contribution in [3.63, 3.8) is 0 Å². The second kappa shape index (κ2) is 59.4. The minimum absolute atomic E-state index is 0.0858. The molecule has 0 aliphatic rings. The van der Waals surface area contributed by atoms with Gasteiger partial charge in [0, 0.05) is 19.3 Å². The molecule has 0 aromatic rings. The van der Waals surface area contributed by atoms with Gasteiger partial charge in [0.2, 0.25) is 0 Å². The van der Waals surface area contributed by atoms with Gasteiger partial charge in [0.1, 0.15) is 13.2 Å². The summed E-state index contributed by atoms with van der Waals surface area (Å²) < 4.78 is 16.9. The lowest BCUT2D eigenvalue weighted by Crippen LogP contribution is -2.30. The second-order valence-corrected chi connectivity index (χ2v) is 20.2. The summed E-state index contributed by atoms with van der Waals surface area (Å²) in [6.45, 7) is 6.52. The number of carbonyl (C=O) groups excluding carboxylic acids is 3. The molecule has 0 saturated carbocycles. The SMILES string of the molecule is CC/C=C\C/C=C\C/C=C\C/C=C\C/C=C\CCCCCC(=O)OC[C@H](COC(=O)CCCCCCCCC/C=C\CCCCCC)OC(=O)CCCCCCCCCCCCCCCCCCCCC. The van der Waals surface area contributed by atoms with Crippen molar-refractivity contribution < 1.29 is 28.6 Å². The summed E-state index contributed by atoms with van der Waals surface area (Å²) in [4.78, 5) is 38.2. The van der Waals surface area contributed by atoms with E-state index in [-0.39, 0.29) is 31.1 Å². The minimum atomic E-state index is -0.790. The number of carbonyl (C=O) groups is 3. The Balaban J connectivity index is 4.41. The molecule has 0 saturated heterocycles. The highest BCUT2D eigenvalue weighted by Crippen LogP contribution is 2.16. The zero-order valence-electron chi connectivity index (χ0n) is 47.0. The Bertz CT molecular complexity index is 1320. The van der Waals surface area contributed by atoms with Crippen LogP contribution in [-0.2, 0) is 28.6 Å². The van der Waals surface area contributed by atoms with Crippen molar-refractivity contribution in [2.24, 2.45) is 0 Å². The molecule has 0 bridgehead atoms. The van der Waals surface area contributed by atoms with E-state index in [2.05, 4.69) is 93.7 Å². The zero-order valence-corrected chi connectivity index (χ0v) is 47.0. The summed E-state index contributed by atoms with van der Waals surface area (Å²) >= 11 is 0. The lowest BCUT2D eigenvalue weighted by Gasteiger charge is -2.18. The Labute approximate surface area is 440 Å². The van der Waals surface area contributed by atoms with Crippen molar-refractivity contribution in [2.75, 3.05) is 13.2 Å². The number of hydrogen-bond acceptors (Lipinski definition) is 6. The summed E-state index contributed by atoms with van der Waals surface area (Å²) in [6.07, 6.45) is 76.1. The van der Waals surface area contributed by atoms with E-state index >= 15 is 0 Å². The minimum Gasteiger partial charge on any atom is -0.462 e. The van der Waals surface area contributed by atoms with Gasteiger partial charge in [0.15, 0.2) is 6.10 Å². The Morgan fingerprint density at radius 3 is 0.901 bits per heavy atom. The number of hydrogen-bond donors (Lipinski definition) is 0. The summed E-state index contributed by atoms with van der Waals surface area (Å²) in [5.74, 6) is -0.909. The predicted octanol–water partition coefficient (Wildman–Crippen LogP) is 20.5. The quantitative estimate of drug-likeness (QED) is 0.0261. The zero-order chi connectivity index (χ0) is 51.4. The van der Waals surface area contributed by atoms with Crippen LogP contribution in [0.3, 0.4) is 0 Å². The molecule has 0 unspecified atom stereocenters. The van der Waals surface area contributed by atoms with Crippen molar-refractivity contribution in [1.29, 1.82) is 0 Å². The van der Waals surface area contributed by atoms with E-state index in [1.165, 1.54) is 167 Å². The van der Waals surface area contributed by atoms with Gasteiger partial charge in [-0.05, 0) is 89.9 Å². The number of unbranched alkanes of at least 4 members (excludes halogenated alkanes) is 32. The van der Waals surface area contributed by atoms with Gasteiger partial charge in [-0.3, -0.25) is 14.4 Å². The monoisotopic (exact) mass is 991 g/mol. The molecule has 0 heterocycles. The molecule has 0 amide bonds. The van der Waals surface area contributed by atoms with E-state index in [0.29, 0.717) is 19.3 Å². The Morgan fingerprint density at radius 1 is 0.296 bits per heavy atom. The molecular formula is C65H114O6. The summed E-state index contributed by atoms with van der Waals surface area (Å²) in [7, 11) is 0. The molecule has 0 aromatic heterocycles. The molecule has 0 N–H and O–H groups in total. The van der Waals surface area contributed by atoms with Crippen LogP contribution in [0.15, 0.2) is 72.9 Å². The van der Waals surface area contributed by atoms with Crippen LogP contribution in [0.2, 0.25) is 0 Å². The van der Waals surface area contributed by atoms with Crippen LogP contribution >= 0.6 is 0 Å². The number of ether oxygens (including phenoxy) is 3. The first-order valence-corrected chi connectivity index (χ1v) is 30.4. The van der Waals surface area contributed by atoms with Crippen molar-refractivity contribution in [3.8, 4) is 0 Å². The van der Waals surface area contributed by atoms with Crippen molar-refractivity contribution in [3.05, 3.63) is 72.9 Å². The fourth-order valence-electron chi connectivity index (χ4n) is 8.64. The Kier molecular flexibility index (Phi) is 56.8. The Morgan fingerprint density at radius 2 is 0.549 bits per heavy atom. The van der Waals surface area contributed by atoms with Gasteiger partial charge >= 0.3 is 17.9 Å². The van der Waals surface area contributed by atoms with Gasteiger partial charge in [0.05, 0.1) is 0 Å². The third-order valence-electron chi connectivity index (χ3n) is 13.2. The third-order valence-corrected chi connectivity index (χ3v) is 13.2. The molecule has 410 valence electrons. The molecule has 6 heteroatoms. The first-order valence-electron chi connectivity index (χ1n) is 30.4. The highest BCUT2D eigenvalue weighted by molar-refractivity contribution is 5.71. The van der Waals surface area contributed by atoms with Crippen LogP contribution < -0.4 is 0 Å². The third kappa shape index (κ3) is 57.6. The second-order valence-electron chi connectivity index (χ2n) is 20.2. The topological polar surface area (TPSA) is 78.9 Å². The van der Waals surface area contributed by atoms with Gasteiger partial charge in [0.25, 0.3) is 0 Å². The van der Waals surface area contributed by atoms with Crippen LogP contribution in [0.1, 0.15) is 303 Å². The molecule has 0 radical (unpaired) electrons. The molecule has 71 heavy (non-hydrogen) atoms. The first-order chi connectivity index (χ1) is 35.0. The average Bonchev–Trinajstić information content (AvgIpc) is 3.37. The number of allylic oxidation sites excluding steroid dienone is 12. The molecule has 0 fully saturated rings. The average molecular weight is 992 g/mol. The van der Waals surface area contributed by atoms with Crippen LogP contribution in [0.25, 0.3) is 0 Å². The fourth-order valence-corrected chi connectivity index (χ4v) is 8.64. The van der Waals surface area contributed by atoms with Gasteiger partial charge in [-0.15, -0.1) is 0 Å². The summed E-state index contributed by atoms with van der Waals surface area (Å²) in [5, 5.41) is 0. The van der Waals surface area contributed by atoms with Gasteiger partial charge in [-0.25, -0.2) is 0 Å². The molecular weight excluding hydrogens is 877 g/mol. The standard InChI is InChI=1S/C65H114O6/c1-4-7-10-13-16-19-22-25-28-30-32-34-37-40-43-46-49-52-55-58-64(67)70-61-62(60-69-63(66)57-54-51-48-45-42-39-36-27-24-21-18-15-12-9-6-3)71-65(68)59-56-53-50-47-44-41-38-35-33-31-29-26-23-20-17-14-11-8-5-2/h7,10,16,19,21,24-25,28,32,34,40,43,62H,4-6,8-9,11-15,17-18,20,22-23,26-27,29-31,33,35-39,41-42,44-61H2,1-3H3/b10-7-,19-16-,24-21-,28-25-,34-32-,43-40-/t62-/m0/s1. The maximum absolute atomic E-state index is 12.9. The normalized spacial score (nSPS) is 12.5. The van der Waals surface area contributed by atoms with Crippen LogP contribution in [0.4, 0.5) is 0 Å². The van der Waals surface area contributed by atoms with Crippen molar-refractivity contribution >= 4 is 17.9 Å². The fraction of sp³-hybridized carbons (Fsp3) is 0.769. The van der Waals surface area contributed by atoms with E-state index in [1.54, 1.807) is 0 Å². The lowest BCUT2D eigenvalue weighted by atomic mass is 10.0. The van der Waals surface area contributed by atoms with Crippen molar-refractivity contribution in [2.45, 2.75) is 309 Å². The molecule has 1 atom stereocenters. The van der Waals surface area contributed by atoms with E-state index < -0.39 is 6.10 Å². The van der Waals surface area contributed by atoms with Crippen LogP contribution in [0, 0.1) is 0 Å². The summed E-state index contributed by atoms with van der Waals surface area (Å²) in [6, 6.07) is 0. The number of esters is 3. The highest BCUT2D eigenvalue weighted by Gasteiger charge is 2.19. The van der Waals surface area contributed by atoms with Gasteiger partial charge in [-0.2, -0.15) is 0 Å². The largest absolute Gasteiger partial charge is 0.462 e.